The number of rotatable bonds is 5. The molecule has 2 aromatic carbocycles. The SMILES string of the molecule is Nc1c(NNC(=O)c2ccc(F)cc2)ncnc1Nc1ccc2c(c1)OCCO2. The molecule has 5 N–H and O–H groups in total. The molecule has 2 heterocycles. The van der Waals surface area contributed by atoms with Gasteiger partial charge in [0.1, 0.15) is 31.0 Å². The topological polar surface area (TPSA) is 123 Å². The maximum Gasteiger partial charge on any atom is 0.269 e. The molecule has 0 saturated heterocycles. The van der Waals surface area contributed by atoms with Crippen molar-refractivity contribution in [3.8, 4) is 11.5 Å². The molecule has 0 fully saturated rings. The van der Waals surface area contributed by atoms with Crippen molar-refractivity contribution in [2.75, 3.05) is 29.7 Å². The van der Waals surface area contributed by atoms with E-state index in [1.807, 2.05) is 0 Å². The summed E-state index contributed by atoms with van der Waals surface area (Å²) in [4.78, 5) is 20.3. The van der Waals surface area contributed by atoms with Gasteiger partial charge in [-0.1, -0.05) is 0 Å². The number of nitrogens with zero attached hydrogens (tertiary/aromatic N) is 2. The first kappa shape index (κ1) is 18.3. The van der Waals surface area contributed by atoms with E-state index in [0.717, 1.165) is 0 Å². The number of benzene rings is 2. The van der Waals surface area contributed by atoms with Crippen LogP contribution in [0.4, 0.5) is 27.4 Å². The van der Waals surface area contributed by atoms with Gasteiger partial charge in [0.05, 0.1) is 0 Å². The Labute approximate surface area is 165 Å². The number of nitrogens with one attached hydrogen (secondary N) is 3. The van der Waals surface area contributed by atoms with Crippen molar-refractivity contribution in [2.45, 2.75) is 0 Å². The summed E-state index contributed by atoms with van der Waals surface area (Å²) in [5.41, 5.74) is 12.4. The number of ether oxygens (including phenoxy) is 2. The minimum absolute atomic E-state index is 0.196. The first-order valence-corrected chi connectivity index (χ1v) is 8.69. The highest BCUT2D eigenvalue weighted by Crippen LogP contribution is 2.34. The molecular weight excluding hydrogens is 379 g/mol. The van der Waals surface area contributed by atoms with Gasteiger partial charge in [0.15, 0.2) is 23.1 Å². The summed E-state index contributed by atoms with van der Waals surface area (Å²) in [6.45, 7) is 0.991. The molecule has 0 bridgehead atoms. The summed E-state index contributed by atoms with van der Waals surface area (Å²) >= 11 is 0. The lowest BCUT2D eigenvalue weighted by molar-refractivity contribution is 0.0962. The first-order valence-electron chi connectivity index (χ1n) is 8.69. The Bertz CT molecular complexity index is 1040. The van der Waals surface area contributed by atoms with Crippen LogP contribution < -0.4 is 31.4 Å². The summed E-state index contributed by atoms with van der Waals surface area (Å²) in [7, 11) is 0. The van der Waals surface area contributed by atoms with Gasteiger partial charge in [-0.25, -0.2) is 14.4 Å². The van der Waals surface area contributed by atoms with Crippen LogP contribution in [0.3, 0.4) is 0 Å². The van der Waals surface area contributed by atoms with Crippen LogP contribution in [-0.4, -0.2) is 29.1 Å². The zero-order valence-corrected chi connectivity index (χ0v) is 15.1. The Hall–Kier alpha value is -4.08. The van der Waals surface area contributed by atoms with Gasteiger partial charge >= 0.3 is 0 Å². The van der Waals surface area contributed by atoms with E-state index in [1.165, 1.54) is 30.6 Å². The van der Waals surface area contributed by atoms with Gasteiger partial charge in [-0.15, -0.1) is 0 Å². The van der Waals surface area contributed by atoms with Crippen LogP contribution >= 0.6 is 0 Å². The van der Waals surface area contributed by atoms with Crippen molar-refractivity contribution in [3.05, 3.63) is 60.2 Å². The minimum Gasteiger partial charge on any atom is -0.486 e. The van der Waals surface area contributed by atoms with Crippen LogP contribution in [-0.2, 0) is 0 Å². The molecule has 0 atom stereocenters. The Morgan fingerprint density at radius 2 is 1.72 bits per heavy atom. The lowest BCUT2D eigenvalue weighted by Crippen LogP contribution is -2.30. The van der Waals surface area contributed by atoms with Crippen LogP contribution in [0.25, 0.3) is 0 Å². The summed E-state index contributed by atoms with van der Waals surface area (Å²) < 4.78 is 24.0. The molecule has 29 heavy (non-hydrogen) atoms. The van der Waals surface area contributed by atoms with E-state index in [1.54, 1.807) is 18.2 Å². The molecule has 1 aliphatic heterocycles. The molecule has 148 valence electrons. The second-order valence-electron chi connectivity index (χ2n) is 6.05. The number of amides is 1. The van der Waals surface area contributed by atoms with Crippen molar-refractivity contribution < 1.29 is 18.7 Å². The van der Waals surface area contributed by atoms with Gasteiger partial charge in [-0.3, -0.25) is 15.6 Å². The molecule has 3 aromatic rings. The van der Waals surface area contributed by atoms with Crippen molar-refractivity contribution in [1.29, 1.82) is 0 Å². The fraction of sp³-hybridized carbons (Fsp3) is 0.105. The van der Waals surface area contributed by atoms with Gasteiger partial charge in [-0.2, -0.15) is 0 Å². The molecule has 1 aromatic heterocycles. The highest BCUT2D eigenvalue weighted by Gasteiger charge is 2.14. The smallest absolute Gasteiger partial charge is 0.269 e. The number of aromatic nitrogens is 2. The number of halogens is 1. The Morgan fingerprint density at radius 3 is 2.52 bits per heavy atom. The molecule has 0 unspecified atom stereocenters. The number of hydrogen-bond acceptors (Lipinski definition) is 8. The molecule has 0 saturated carbocycles. The van der Waals surface area contributed by atoms with E-state index in [-0.39, 0.29) is 17.1 Å². The van der Waals surface area contributed by atoms with Crippen molar-refractivity contribution in [3.63, 3.8) is 0 Å². The predicted octanol–water partition coefficient (Wildman–Crippen LogP) is 2.47. The van der Waals surface area contributed by atoms with Crippen LogP contribution in [0.5, 0.6) is 11.5 Å². The number of anilines is 4. The molecule has 9 nitrogen and oxygen atoms in total. The Morgan fingerprint density at radius 1 is 1.00 bits per heavy atom. The summed E-state index contributed by atoms with van der Waals surface area (Å²) in [5, 5.41) is 3.08. The third kappa shape index (κ3) is 4.10. The zero-order valence-electron chi connectivity index (χ0n) is 15.1. The quantitative estimate of drug-likeness (QED) is 0.485. The van der Waals surface area contributed by atoms with Gasteiger partial charge in [0.25, 0.3) is 5.91 Å². The van der Waals surface area contributed by atoms with Crippen molar-refractivity contribution >= 4 is 28.9 Å². The average molecular weight is 396 g/mol. The number of hydrazine groups is 1. The number of carbonyl (C=O) groups is 1. The lowest BCUT2D eigenvalue weighted by Gasteiger charge is -2.19. The molecule has 10 heteroatoms. The van der Waals surface area contributed by atoms with Gasteiger partial charge in [-0.05, 0) is 36.4 Å². The standard InChI is InChI=1S/C19H17FN6O3/c20-12-3-1-11(2-4-12)19(27)26-25-18-16(21)17(22-10-23-18)24-13-5-6-14-15(9-13)29-8-7-28-14/h1-6,9-10H,7-8,21H2,(H,26,27)(H2,22,23,24,25). The van der Waals surface area contributed by atoms with Gasteiger partial charge < -0.3 is 20.5 Å². The van der Waals surface area contributed by atoms with Crippen molar-refractivity contribution in [2.24, 2.45) is 0 Å². The summed E-state index contributed by atoms with van der Waals surface area (Å²) in [5.74, 6) is 0.946. The Kier molecular flexibility index (Phi) is 4.97. The number of carbonyl (C=O) groups excluding carboxylic acids is 1. The molecule has 0 spiro atoms. The Balaban J connectivity index is 1.46. The summed E-state index contributed by atoms with van der Waals surface area (Å²) in [6, 6.07) is 10.5. The van der Waals surface area contributed by atoms with Crippen molar-refractivity contribution in [1.82, 2.24) is 15.4 Å². The van der Waals surface area contributed by atoms with E-state index in [0.29, 0.717) is 36.2 Å². The summed E-state index contributed by atoms with van der Waals surface area (Å²) in [6.07, 6.45) is 1.29. The fourth-order valence-electron chi connectivity index (χ4n) is 2.64. The maximum atomic E-state index is 13.0. The molecule has 4 rings (SSSR count). The average Bonchev–Trinajstić information content (AvgIpc) is 2.74. The second kappa shape index (κ2) is 7.89. The second-order valence-corrected chi connectivity index (χ2v) is 6.05. The highest BCUT2D eigenvalue weighted by molar-refractivity contribution is 5.95. The normalized spacial score (nSPS) is 12.2. The minimum atomic E-state index is -0.468. The van der Waals surface area contributed by atoms with Crippen LogP contribution in [0.1, 0.15) is 10.4 Å². The van der Waals surface area contributed by atoms with Gasteiger partial charge in [0, 0.05) is 17.3 Å². The largest absolute Gasteiger partial charge is 0.486 e. The van der Waals surface area contributed by atoms with Gasteiger partial charge in [0.2, 0.25) is 0 Å². The zero-order chi connectivity index (χ0) is 20.2. The lowest BCUT2D eigenvalue weighted by atomic mass is 10.2. The van der Waals surface area contributed by atoms with Crippen LogP contribution in [0.15, 0.2) is 48.8 Å². The highest BCUT2D eigenvalue weighted by atomic mass is 19.1. The third-order valence-corrected chi connectivity index (χ3v) is 4.09. The van der Waals surface area contributed by atoms with E-state index in [4.69, 9.17) is 15.2 Å². The predicted molar refractivity (Wildman–Crippen MR) is 105 cm³/mol. The molecule has 1 aliphatic rings. The monoisotopic (exact) mass is 396 g/mol. The van der Waals surface area contributed by atoms with E-state index < -0.39 is 11.7 Å². The number of nitrogen functional groups attached to an aromatic ring is 1. The number of hydrogen-bond donors (Lipinski definition) is 4. The first-order chi connectivity index (χ1) is 14.1. The third-order valence-electron chi connectivity index (χ3n) is 4.09. The fourth-order valence-corrected chi connectivity index (χ4v) is 2.64. The number of nitrogens with two attached hydrogens (primary N) is 1. The molecule has 1 amide bonds. The van der Waals surface area contributed by atoms with Crippen LogP contribution in [0, 0.1) is 5.82 Å². The molecular formula is C19H17FN6O3. The van der Waals surface area contributed by atoms with E-state index in [9.17, 15) is 9.18 Å². The maximum absolute atomic E-state index is 13.0. The molecule has 0 radical (unpaired) electrons. The van der Waals surface area contributed by atoms with E-state index in [2.05, 4.69) is 26.1 Å². The van der Waals surface area contributed by atoms with Crippen LogP contribution in [0.2, 0.25) is 0 Å². The molecule has 0 aliphatic carbocycles. The van der Waals surface area contributed by atoms with E-state index >= 15 is 0 Å². The number of fused-ring (bicyclic) bond motifs is 1.